The van der Waals surface area contributed by atoms with Crippen molar-refractivity contribution in [1.82, 2.24) is 10.6 Å². The van der Waals surface area contributed by atoms with E-state index in [0.717, 1.165) is 24.7 Å². The Morgan fingerprint density at radius 1 is 1.32 bits per heavy atom. The van der Waals surface area contributed by atoms with E-state index < -0.39 is 0 Å². The first-order chi connectivity index (χ1) is 10.5. The van der Waals surface area contributed by atoms with E-state index in [0.29, 0.717) is 31.2 Å². The average Bonchev–Trinajstić information content (AvgIpc) is 2.47. The molecule has 1 aromatic carbocycles. The summed E-state index contributed by atoms with van der Waals surface area (Å²) < 4.78 is 18.8. The number of benzene rings is 1. The molecule has 0 aromatic heterocycles. The highest BCUT2D eigenvalue weighted by Gasteiger charge is 2.01. The standard InChI is InChI=1S/C17H28FN3O/c1-5-19-17(20-8-9-22-12-13(2)3)21-11-15-6-7-16(18)14(4)10-15/h6-7,10,13H,5,8-9,11-12H2,1-4H3,(H2,19,20,21). The zero-order valence-electron chi connectivity index (χ0n) is 14.1. The van der Waals surface area contributed by atoms with Gasteiger partial charge >= 0.3 is 0 Å². The predicted octanol–water partition coefficient (Wildman–Crippen LogP) is 2.86. The van der Waals surface area contributed by atoms with Crippen LogP contribution in [0.5, 0.6) is 0 Å². The van der Waals surface area contributed by atoms with Crippen LogP contribution < -0.4 is 10.6 Å². The van der Waals surface area contributed by atoms with Crippen LogP contribution in [0.2, 0.25) is 0 Å². The molecule has 0 aliphatic heterocycles. The van der Waals surface area contributed by atoms with Gasteiger partial charge in [0.05, 0.1) is 13.2 Å². The SMILES string of the molecule is CCNC(=NCc1ccc(F)c(C)c1)NCCOCC(C)C. The number of rotatable bonds is 8. The molecule has 0 aliphatic rings. The Hall–Kier alpha value is -1.62. The molecule has 0 unspecified atom stereocenters. The maximum Gasteiger partial charge on any atom is 0.191 e. The van der Waals surface area contributed by atoms with E-state index in [9.17, 15) is 4.39 Å². The Morgan fingerprint density at radius 3 is 2.73 bits per heavy atom. The quantitative estimate of drug-likeness (QED) is 0.441. The summed E-state index contributed by atoms with van der Waals surface area (Å²) in [4.78, 5) is 4.50. The number of ether oxygens (including phenoxy) is 1. The summed E-state index contributed by atoms with van der Waals surface area (Å²) in [5.74, 6) is 1.11. The van der Waals surface area contributed by atoms with Crippen molar-refractivity contribution in [2.75, 3.05) is 26.3 Å². The fourth-order valence-electron chi connectivity index (χ4n) is 1.88. The van der Waals surface area contributed by atoms with Gasteiger partial charge in [-0.05, 0) is 37.0 Å². The molecule has 0 fully saturated rings. The van der Waals surface area contributed by atoms with Crippen LogP contribution in [-0.2, 0) is 11.3 Å². The number of guanidine groups is 1. The Balaban J connectivity index is 2.45. The van der Waals surface area contributed by atoms with Crippen LogP contribution in [0.15, 0.2) is 23.2 Å². The minimum Gasteiger partial charge on any atom is -0.379 e. The van der Waals surface area contributed by atoms with Gasteiger partial charge in [0, 0.05) is 19.7 Å². The highest BCUT2D eigenvalue weighted by molar-refractivity contribution is 5.79. The molecule has 4 nitrogen and oxygen atoms in total. The van der Waals surface area contributed by atoms with Crippen molar-refractivity contribution in [1.29, 1.82) is 0 Å². The maximum absolute atomic E-state index is 13.2. The molecule has 22 heavy (non-hydrogen) atoms. The highest BCUT2D eigenvalue weighted by atomic mass is 19.1. The van der Waals surface area contributed by atoms with Crippen molar-refractivity contribution < 1.29 is 9.13 Å². The zero-order valence-corrected chi connectivity index (χ0v) is 14.1. The van der Waals surface area contributed by atoms with Gasteiger partial charge in [-0.15, -0.1) is 0 Å². The third-order valence-electron chi connectivity index (χ3n) is 2.98. The number of nitrogens with zero attached hydrogens (tertiary/aromatic N) is 1. The molecule has 1 rings (SSSR count). The lowest BCUT2D eigenvalue weighted by atomic mass is 10.1. The topological polar surface area (TPSA) is 45.7 Å². The summed E-state index contributed by atoms with van der Waals surface area (Å²) in [5.41, 5.74) is 1.64. The van der Waals surface area contributed by atoms with Crippen LogP contribution >= 0.6 is 0 Å². The van der Waals surface area contributed by atoms with Crippen molar-refractivity contribution >= 4 is 5.96 Å². The first-order valence-electron chi connectivity index (χ1n) is 7.87. The molecule has 1 aromatic rings. The van der Waals surface area contributed by atoms with Gasteiger partial charge in [0.25, 0.3) is 0 Å². The lowest BCUT2D eigenvalue weighted by molar-refractivity contribution is 0.114. The molecule has 0 heterocycles. The van der Waals surface area contributed by atoms with Crippen LogP contribution in [-0.4, -0.2) is 32.3 Å². The van der Waals surface area contributed by atoms with E-state index in [1.54, 1.807) is 13.0 Å². The molecule has 0 saturated carbocycles. The van der Waals surface area contributed by atoms with Gasteiger partial charge in [0.2, 0.25) is 0 Å². The molecule has 0 saturated heterocycles. The molecule has 0 spiro atoms. The van der Waals surface area contributed by atoms with E-state index in [1.165, 1.54) is 6.07 Å². The second-order valence-corrected chi connectivity index (χ2v) is 5.67. The molecular formula is C17H28FN3O. The normalized spacial score (nSPS) is 11.8. The molecule has 5 heteroatoms. The lowest BCUT2D eigenvalue weighted by Crippen LogP contribution is -2.39. The largest absolute Gasteiger partial charge is 0.379 e. The number of hydrogen-bond acceptors (Lipinski definition) is 2. The lowest BCUT2D eigenvalue weighted by Gasteiger charge is -2.12. The summed E-state index contributed by atoms with van der Waals surface area (Å²) in [6.45, 7) is 11.5. The Bertz CT molecular complexity index is 475. The summed E-state index contributed by atoms with van der Waals surface area (Å²) in [6.07, 6.45) is 0. The average molecular weight is 309 g/mol. The molecule has 2 N–H and O–H groups in total. The highest BCUT2D eigenvalue weighted by Crippen LogP contribution is 2.09. The Kier molecular flexibility index (Phi) is 8.51. The first kappa shape index (κ1) is 18.4. The van der Waals surface area contributed by atoms with Gasteiger partial charge in [0.1, 0.15) is 5.82 Å². The second kappa shape index (κ2) is 10.2. The first-order valence-corrected chi connectivity index (χ1v) is 7.87. The number of hydrogen-bond donors (Lipinski definition) is 2. The summed E-state index contributed by atoms with van der Waals surface area (Å²) >= 11 is 0. The fraction of sp³-hybridized carbons (Fsp3) is 0.588. The smallest absolute Gasteiger partial charge is 0.191 e. The summed E-state index contributed by atoms with van der Waals surface area (Å²) in [7, 11) is 0. The molecule has 0 amide bonds. The molecule has 124 valence electrons. The minimum atomic E-state index is -0.180. The van der Waals surface area contributed by atoms with E-state index in [2.05, 4.69) is 29.5 Å². The number of aliphatic imine (C=N–C) groups is 1. The van der Waals surface area contributed by atoms with Crippen LogP contribution in [0.25, 0.3) is 0 Å². The van der Waals surface area contributed by atoms with Crippen molar-refractivity contribution in [3.05, 3.63) is 35.1 Å². The van der Waals surface area contributed by atoms with Gasteiger partial charge < -0.3 is 15.4 Å². The van der Waals surface area contributed by atoms with Gasteiger partial charge in [-0.2, -0.15) is 0 Å². The van der Waals surface area contributed by atoms with Gasteiger partial charge in [-0.25, -0.2) is 9.38 Å². The van der Waals surface area contributed by atoms with Crippen molar-refractivity contribution in [3.8, 4) is 0 Å². The number of aryl methyl sites for hydroxylation is 1. The van der Waals surface area contributed by atoms with Crippen molar-refractivity contribution in [2.24, 2.45) is 10.9 Å². The second-order valence-electron chi connectivity index (χ2n) is 5.67. The summed E-state index contributed by atoms with van der Waals surface area (Å²) in [6, 6.07) is 5.08. The molecule has 0 radical (unpaired) electrons. The van der Waals surface area contributed by atoms with Gasteiger partial charge in [-0.1, -0.05) is 26.0 Å². The van der Waals surface area contributed by atoms with Gasteiger partial charge in [0.15, 0.2) is 5.96 Å². The Morgan fingerprint density at radius 2 is 2.09 bits per heavy atom. The molecule has 0 aliphatic carbocycles. The van der Waals surface area contributed by atoms with Crippen LogP contribution in [0.4, 0.5) is 4.39 Å². The van der Waals surface area contributed by atoms with E-state index in [1.807, 2.05) is 13.0 Å². The molecule has 0 atom stereocenters. The monoisotopic (exact) mass is 309 g/mol. The predicted molar refractivity (Wildman–Crippen MR) is 89.6 cm³/mol. The third kappa shape index (κ3) is 7.41. The van der Waals surface area contributed by atoms with Crippen molar-refractivity contribution in [2.45, 2.75) is 34.2 Å². The van der Waals surface area contributed by atoms with Gasteiger partial charge in [-0.3, -0.25) is 0 Å². The van der Waals surface area contributed by atoms with E-state index in [4.69, 9.17) is 4.74 Å². The number of halogens is 1. The van der Waals surface area contributed by atoms with E-state index >= 15 is 0 Å². The molecular weight excluding hydrogens is 281 g/mol. The third-order valence-corrected chi connectivity index (χ3v) is 2.98. The van der Waals surface area contributed by atoms with Crippen LogP contribution in [0, 0.1) is 18.7 Å². The Labute approximate surface area is 133 Å². The fourth-order valence-corrected chi connectivity index (χ4v) is 1.88. The summed E-state index contributed by atoms with van der Waals surface area (Å²) in [5, 5.41) is 6.42. The van der Waals surface area contributed by atoms with Crippen LogP contribution in [0.1, 0.15) is 31.9 Å². The van der Waals surface area contributed by atoms with Crippen molar-refractivity contribution in [3.63, 3.8) is 0 Å². The minimum absolute atomic E-state index is 0.180. The molecule has 0 bridgehead atoms. The van der Waals surface area contributed by atoms with E-state index in [-0.39, 0.29) is 5.82 Å². The zero-order chi connectivity index (χ0) is 16.4. The maximum atomic E-state index is 13.2. The van der Waals surface area contributed by atoms with Crippen LogP contribution in [0.3, 0.4) is 0 Å². The number of nitrogens with one attached hydrogen (secondary N) is 2.